The van der Waals surface area contributed by atoms with Crippen LogP contribution in [-0.2, 0) is 0 Å². The third-order valence-electron chi connectivity index (χ3n) is 2.24. The number of aliphatic hydroxyl groups is 1. The van der Waals surface area contributed by atoms with Crippen LogP contribution in [0.25, 0.3) is 0 Å². The van der Waals surface area contributed by atoms with E-state index in [0.29, 0.717) is 5.56 Å². The summed E-state index contributed by atoms with van der Waals surface area (Å²) in [4.78, 5) is 0. The van der Waals surface area contributed by atoms with Crippen LogP contribution in [0.5, 0.6) is 0 Å². The molecule has 2 atom stereocenters. The van der Waals surface area contributed by atoms with Crippen molar-refractivity contribution in [2.75, 3.05) is 0 Å². The summed E-state index contributed by atoms with van der Waals surface area (Å²) in [7, 11) is 0. The third-order valence-corrected chi connectivity index (χ3v) is 2.24. The highest BCUT2D eigenvalue weighted by Gasteiger charge is 2.18. The number of hydrogen-bond donors (Lipinski definition) is 2. The first-order valence-corrected chi connectivity index (χ1v) is 4.63. The summed E-state index contributed by atoms with van der Waals surface area (Å²) >= 11 is 0. The Balaban J connectivity index is 3.20. The van der Waals surface area contributed by atoms with Crippen molar-refractivity contribution in [2.24, 2.45) is 5.73 Å². The Kier molecular flexibility index (Phi) is 3.24. The van der Waals surface area contributed by atoms with Crippen molar-refractivity contribution in [3.8, 4) is 0 Å². The van der Waals surface area contributed by atoms with Gasteiger partial charge in [-0.1, -0.05) is 17.7 Å². The van der Waals surface area contributed by atoms with Gasteiger partial charge in [-0.2, -0.15) is 0 Å². The topological polar surface area (TPSA) is 46.2 Å². The molecule has 0 aliphatic rings. The lowest BCUT2D eigenvalue weighted by Crippen LogP contribution is -2.25. The van der Waals surface area contributed by atoms with E-state index >= 15 is 0 Å². The van der Waals surface area contributed by atoms with Crippen LogP contribution in [0.3, 0.4) is 0 Å². The predicted octanol–water partition coefficient (Wildman–Crippen LogP) is 1.82. The van der Waals surface area contributed by atoms with Gasteiger partial charge in [0.05, 0.1) is 6.10 Å². The number of aliphatic hydroxyl groups excluding tert-OH is 1. The lowest BCUT2D eigenvalue weighted by Gasteiger charge is -2.17. The van der Waals surface area contributed by atoms with Crippen LogP contribution < -0.4 is 5.73 Å². The Hall–Kier alpha value is -0.930. The number of aryl methyl sites for hydroxylation is 2. The molecule has 0 bridgehead atoms. The normalized spacial score (nSPS) is 15.3. The van der Waals surface area contributed by atoms with E-state index in [-0.39, 0.29) is 11.4 Å². The molecule has 0 spiro atoms. The highest BCUT2D eigenvalue weighted by atomic mass is 19.1. The van der Waals surface area contributed by atoms with Crippen molar-refractivity contribution in [3.05, 3.63) is 34.6 Å². The van der Waals surface area contributed by atoms with Gasteiger partial charge in [-0.3, -0.25) is 0 Å². The fourth-order valence-electron chi connectivity index (χ4n) is 1.48. The first-order chi connectivity index (χ1) is 6.43. The van der Waals surface area contributed by atoms with E-state index < -0.39 is 12.1 Å². The molecule has 0 radical (unpaired) electrons. The zero-order chi connectivity index (χ0) is 10.9. The smallest absolute Gasteiger partial charge is 0.131 e. The van der Waals surface area contributed by atoms with Gasteiger partial charge in [0.25, 0.3) is 0 Å². The Morgan fingerprint density at radius 3 is 2.43 bits per heavy atom. The molecule has 0 saturated carbocycles. The zero-order valence-corrected chi connectivity index (χ0v) is 8.71. The van der Waals surface area contributed by atoms with Crippen LogP contribution in [0.2, 0.25) is 0 Å². The minimum Gasteiger partial charge on any atom is -0.387 e. The molecular formula is C11H16FNO. The SMILES string of the molecule is Cc1cc(C)c(F)c([C@H](O)[C@@H](C)N)c1. The van der Waals surface area contributed by atoms with E-state index in [9.17, 15) is 9.50 Å². The van der Waals surface area contributed by atoms with Crippen LogP contribution in [0.4, 0.5) is 4.39 Å². The minimum absolute atomic E-state index is 0.289. The van der Waals surface area contributed by atoms with Gasteiger partial charge >= 0.3 is 0 Å². The van der Waals surface area contributed by atoms with Gasteiger partial charge in [0, 0.05) is 11.6 Å². The quantitative estimate of drug-likeness (QED) is 0.759. The number of hydrogen-bond acceptors (Lipinski definition) is 2. The van der Waals surface area contributed by atoms with Gasteiger partial charge in [0.2, 0.25) is 0 Å². The molecule has 3 N–H and O–H groups in total. The maximum absolute atomic E-state index is 13.6. The Labute approximate surface area is 83.6 Å². The summed E-state index contributed by atoms with van der Waals surface area (Å²) in [6.07, 6.45) is -0.936. The van der Waals surface area contributed by atoms with Gasteiger partial charge in [-0.25, -0.2) is 4.39 Å². The first-order valence-electron chi connectivity index (χ1n) is 4.63. The van der Waals surface area contributed by atoms with Crippen molar-refractivity contribution in [2.45, 2.75) is 32.9 Å². The van der Waals surface area contributed by atoms with E-state index in [1.165, 1.54) is 0 Å². The average Bonchev–Trinajstić information content (AvgIpc) is 2.09. The molecular weight excluding hydrogens is 181 g/mol. The van der Waals surface area contributed by atoms with E-state index in [1.54, 1.807) is 26.0 Å². The molecule has 78 valence electrons. The second-order valence-corrected chi connectivity index (χ2v) is 3.79. The molecule has 0 heterocycles. The predicted molar refractivity (Wildman–Crippen MR) is 54.5 cm³/mol. The highest BCUT2D eigenvalue weighted by molar-refractivity contribution is 5.32. The van der Waals surface area contributed by atoms with Gasteiger partial charge in [-0.05, 0) is 26.3 Å². The summed E-state index contributed by atoms with van der Waals surface area (Å²) in [5, 5.41) is 9.66. The standard InChI is InChI=1S/C11H16FNO/c1-6-4-7(2)10(12)9(5-6)11(14)8(3)13/h4-5,8,11,14H,13H2,1-3H3/t8-,11-/m1/s1. The van der Waals surface area contributed by atoms with Crippen molar-refractivity contribution in [1.82, 2.24) is 0 Å². The van der Waals surface area contributed by atoms with Crippen LogP contribution in [-0.4, -0.2) is 11.1 Å². The van der Waals surface area contributed by atoms with E-state index in [0.717, 1.165) is 5.56 Å². The number of rotatable bonds is 2. The van der Waals surface area contributed by atoms with Crippen molar-refractivity contribution in [3.63, 3.8) is 0 Å². The van der Waals surface area contributed by atoms with Crippen LogP contribution in [0, 0.1) is 19.7 Å². The lowest BCUT2D eigenvalue weighted by atomic mass is 9.99. The molecule has 2 nitrogen and oxygen atoms in total. The molecule has 3 heteroatoms. The fraction of sp³-hybridized carbons (Fsp3) is 0.455. The Morgan fingerprint density at radius 2 is 1.93 bits per heavy atom. The highest BCUT2D eigenvalue weighted by Crippen LogP contribution is 2.23. The average molecular weight is 197 g/mol. The van der Waals surface area contributed by atoms with Crippen LogP contribution >= 0.6 is 0 Å². The molecule has 0 unspecified atom stereocenters. The van der Waals surface area contributed by atoms with E-state index in [1.807, 2.05) is 6.92 Å². The second kappa shape index (κ2) is 4.07. The molecule has 1 rings (SSSR count). The summed E-state index contributed by atoms with van der Waals surface area (Å²) in [6.45, 7) is 5.20. The summed E-state index contributed by atoms with van der Waals surface area (Å²) in [5.41, 5.74) is 7.28. The molecule has 0 aliphatic carbocycles. The molecule has 0 aliphatic heterocycles. The molecule has 0 saturated heterocycles. The van der Waals surface area contributed by atoms with Crippen LogP contribution in [0.15, 0.2) is 12.1 Å². The van der Waals surface area contributed by atoms with Gasteiger partial charge in [0.1, 0.15) is 5.82 Å². The van der Waals surface area contributed by atoms with Crippen molar-refractivity contribution in [1.29, 1.82) is 0 Å². The summed E-state index contributed by atoms with van der Waals surface area (Å²) in [6, 6.07) is 2.91. The summed E-state index contributed by atoms with van der Waals surface area (Å²) in [5.74, 6) is -0.361. The number of benzene rings is 1. The van der Waals surface area contributed by atoms with E-state index in [2.05, 4.69) is 0 Å². The van der Waals surface area contributed by atoms with Gasteiger partial charge in [0.15, 0.2) is 0 Å². The number of halogens is 1. The number of nitrogens with two attached hydrogens (primary N) is 1. The molecule has 1 aromatic carbocycles. The second-order valence-electron chi connectivity index (χ2n) is 3.79. The maximum atomic E-state index is 13.6. The molecule has 1 aromatic rings. The molecule has 0 aromatic heterocycles. The largest absolute Gasteiger partial charge is 0.387 e. The molecule has 0 amide bonds. The van der Waals surface area contributed by atoms with E-state index in [4.69, 9.17) is 5.73 Å². The summed E-state index contributed by atoms with van der Waals surface area (Å²) < 4.78 is 13.6. The monoisotopic (exact) mass is 197 g/mol. The van der Waals surface area contributed by atoms with Gasteiger partial charge < -0.3 is 10.8 Å². The maximum Gasteiger partial charge on any atom is 0.131 e. The molecule has 14 heavy (non-hydrogen) atoms. The Bertz CT molecular complexity index is 336. The lowest BCUT2D eigenvalue weighted by molar-refractivity contribution is 0.148. The first kappa shape index (κ1) is 11.1. The van der Waals surface area contributed by atoms with Crippen LogP contribution in [0.1, 0.15) is 29.7 Å². The minimum atomic E-state index is -0.936. The van der Waals surface area contributed by atoms with Crippen molar-refractivity contribution >= 4 is 0 Å². The Morgan fingerprint density at radius 1 is 1.36 bits per heavy atom. The fourth-order valence-corrected chi connectivity index (χ4v) is 1.48. The van der Waals surface area contributed by atoms with Crippen molar-refractivity contribution < 1.29 is 9.50 Å². The van der Waals surface area contributed by atoms with Gasteiger partial charge in [-0.15, -0.1) is 0 Å². The molecule has 0 fully saturated rings. The third kappa shape index (κ3) is 2.11. The zero-order valence-electron chi connectivity index (χ0n) is 8.71.